The minimum Gasteiger partial charge on any atom is -0.367 e. The highest BCUT2D eigenvalue weighted by molar-refractivity contribution is 5.25. The Morgan fingerprint density at radius 2 is 2.42 bits per heavy atom. The van der Waals surface area contributed by atoms with Gasteiger partial charge in [-0.3, -0.25) is 0 Å². The summed E-state index contributed by atoms with van der Waals surface area (Å²) >= 11 is 0. The van der Waals surface area contributed by atoms with Crippen LogP contribution < -0.4 is 5.32 Å². The molecular formula is C10H16N2. The number of aromatic amines is 1. The molecule has 1 heterocycles. The highest BCUT2D eigenvalue weighted by atomic mass is 14.8. The van der Waals surface area contributed by atoms with Crippen molar-refractivity contribution in [1.29, 1.82) is 0 Å². The van der Waals surface area contributed by atoms with Gasteiger partial charge in [0.2, 0.25) is 0 Å². The van der Waals surface area contributed by atoms with Crippen LogP contribution in [0.25, 0.3) is 0 Å². The maximum absolute atomic E-state index is 3.28. The minimum atomic E-state index is 0.453. The molecule has 1 aliphatic carbocycles. The lowest BCUT2D eigenvalue weighted by molar-refractivity contribution is 0.239. The molecule has 0 radical (unpaired) electrons. The Labute approximate surface area is 73.4 Å². The van der Waals surface area contributed by atoms with Gasteiger partial charge < -0.3 is 10.3 Å². The van der Waals surface area contributed by atoms with Crippen LogP contribution in [0.5, 0.6) is 0 Å². The largest absolute Gasteiger partial charge is 0.367 e. The predicted octanol–water partition coefficient (Wildman–Crippen LogP) is 1.66. The van der Waals surface area contributed by atoms with E-state index < -0.39 is 0 Å². The fraction of sp³-hybridized carbons (Fsp3) is 0.600. The van der Waals surface area contributed by atoms with Gasteiger partial charge in [0.15, 0.2) is 0 Å². The van der Waals surface area contributed by atoms with E-state index in [-0.39, 0.29) is 0 Å². The average molecular weight is 164 g/mol. The van der Waals surface area contributed by atoms with Crippen LogP contribution in [0.4, 0.5) is 0 Å². The lowest BCUT2D eigenvalue weighted by Gasteiger charge is -2.41. The van der Waals surface area contributed by atoms with Crippen LogP contribution in [-0.4, -0.2) is 18.6 Å². The second kappa shape index (κ2) is 2.94. The van der Waals surface area contributed by atoms with E-state index in [0.717, 1.165) is 6.54 Å². The van der Waals surface area contributed by atoms with Crippen molar-refractivity contribution in [1.82, 2.24) is 10.3 Å². The molecule has 66 valence electrons. The molecule has 2 N–H and O–H groups in total. The van der Waals surface area contributed by atoms with Crippen LogP contribution in [0, 0.1) is 0 Å². The molecule has 0 atom stereocenters. The molecule has 2 nitrogen and oxygen atoms in total. The molecule has 12 heavy (non-hydrogen) atoms. The van der Waals surface area contributed by atoms with Gasteiger partial charge in [0, 0.05) is 24.4 Å². The van der Waals surface area contributed by atoms with Crippen LogP contribution in [0.15, 0.2) is 18.5 Å². The van der Waals surface area contributed by atoms with E-state index in [1.165, 1.54) is 24.8 Å². The summed E-state index contributed by atoms with van der Waals surface area (Å²) in [4.78, 5) is 3.13. The van der Waals surface area contributed by atoms with Crippen molar-refractivity contribution < 1.29 is 0 Å². The molecule has 0 aliphatic heterocycles. The van der Waals surface area contributed by atoms with E-state index in [4.69, 9.17) is 0 Å². The van der Waals surface area contributed by atoms with Gasteiger partial charge in [-0.2, -0.15) is 0 Å². The first kappa shape index (κ1) is 7.87. The number of likely N-dealkylation sites (N-methyl/N-ethyl adjacent to an activating group) is 1. The zero-order valence-corrected chi connectivity index (χ0v) is 7.56. The Kier molecular flexibility index (Phi) is 1.93. The Morgan fingerprint density at radius 3 is 2.83 bits per heavy atom. The zero-order chi connectivity index (χ0) is 8.44. The van der Waals surface area contributed by atoms with E-state index in [9.17, 15) is 0 Å². The summed E-state index contributed by atoms with van der Waals surface area (Å²) in [6, 6.07) is 2.20. The number of hydrogen-bond acceptors (Lipinski definition) is 1. The first-order valence-corrected chi connectivity index (χ1v) is 4.65. The van der Waals surface area contributed by atoms with Gasteiger partial charge in [0.1, 0.15) is 0 Å². The van der Waals surface area contributed by atoms with Crippen molar-refractivity contribution in [2.24, 2.45) is 0 Å². The minimum absolute atomic E-state index is 0.453. The van der Waals surface area contributed by atoms with Crippen molar-refractivity contribution in [2.75, 3.05) is 13.6 Å². The molecule has 0 saturated heterocycles. The number of aromatic nitrogens is 1. The topological polar surface area (TPSA) is 27.8 Å². The third kappa shape index (κ3) is 1.07. The highest BCUT2D eigenvalue weighted by Gasteiger charge is 2.37. The quantitative estimate of drug-likeness (QED) is 0.698. The van der Waals surface area contributed by atoms with Crippen LogP contribution >= 0.6 is 0 Å². The zero-order valence-electron chi connectivity index (χ0n) is 7.56. The first-order valence-electron chi connectivity index (χ1n) is 4.65. The van der Waals surface area contributed by atoms with Crippen LogP contribution in [-0.2, 0) is 5.41 Å². The van der Waals surface area contributed by atoms with Gasteiger partial charge in [-0.25, -0.2) is 0 Å². The second-order valence-electron chi connectivity index (χ2n) is 3.76. The monoisotopic (exact) mass is 164 g/mol. The molecule has 1 aromatic rings. The third-order valence-electron chi connectivity index (χ3n) is 3.04. The average Bonchev–Trinajstić information content (AvgIpc) is 2.48. The molecule has 0 amide bonds. The number of hydrogen-bond donors (Lipinski definition) is 2. The molecular weight excluding hydrogens is 148 g/mol. The SMILES string of the molecule is CNCC1(c2cc[nH]c2)CCC1. The van der Waals surface area contributed by atoms with Gasteiger partial charge in [0.25, 0.3) is 0 Å². The van der Waals surface area contributed by atoms with Gasteiger partial charge >= 0.3 is 0 Å². The molecule has 1 aromatic heterocycles. The van der Waals surface area contributed by atoms with Gasteiger partial charge in [-0.1, -0.05) is 6.42 Å². The maximum atomic E-state index is 3.28. The first-order chi connectivity index (χ1) is 5.87. The van der Waals surface area contributed by atoms with Crippen molar-refractivity contribution in [3.05, 3.63) is 24.0 Å². The number of rotatable bonds is 3. The summed E-state index contributed by atoms with van der Waals surface area (Å²) in [7, 11) is 2.03. The maximum Gasteiger partial charge on any atom is 0.00925 e. The third-order valence-corrected chi connectivity index (χ3v) is 3.04. The van der Waals surface area contributed by atoms with E-state index in [0.29, 0.717) is 5.41 Å². The standard InChI is InChI=1S/C10H16N2/c1-11-8-10(4-2-5-10)9-3-6-12-7-9/h3,6-7,11-12H,2,4-5,8H2,1H3. The van der Waals surface area contributed by atoms with E-state index in [1.54, 1.807) is 0 Å². The van der Waals surface area contributed by atoms with Crippen molar-refractivity contribution in [3.8, 4) is 0 Å². The Hall–Kier alpha value is -0.760. The molecule has 0 bridgehead atoms. The molecule has 1 saturated carbocycles. The normalized spacial score (nSPS) is 20.4. The van der Waals surface area contributed by atoms with Gasteiger partial charge in [-0.05, 0) is 31.5 Å². The molecule has 2 heteroatoms. The van der Waals surface area contributed by atoms with E-state index >= 15 is 0 Å². The van der Waals surface area contributed by atoms with Gasteiger partial charge in [-0.15, -0.1) is 0 Å². The Bertz CT molecular complexity index is 234. The fourth-order valence-electron chi connectivity index (χ4n) is 2.16. The fourth-order valence-corrected chi connectivity index (χ4v) is 2.16. The lowest BCUT2D eigenvalue weighted by Crippen LogP contribution is -2.42. The molecule has 0 aromatic carbocycles. The summed E-state index contributed by atoms with van der Waals surface area (Å²) in [6.07, 6.45) is 8.21. The second-order valence-corrected chi connectivity index (χ2v) is 3.76. The van der Waals surface area contributed by atoms with E-state index in [1.807, 2.05) is 13.2 Å². The molecule has 0 unspecified atom stereocenters. The summed E-state index contributed by atoms with van der Waals surface area (Å²) in [5.41, 5.74) is 1.93. The summed E-state index contributed by atoms with van der Waals surface area (Å²) < 4.78 is 0. The Morgan fingerprint density at radius 1 is 1.58 bits per heavy atom. The number of nitrogens with one attached hydrogen (secondary N) is 2. The van der Waals surface area contributed by atoms with Crippen molar-refractivity contribution in [3.63, 3.8) is 0 Å². The predicted molar refractivity (Wildman–Crippen MR) is 50.2 cm³/mol. The summed E-state index contributed by atoms with van der Waals surface area (Å²) in [5, 5.41) is 3.28. The molecule has 0 spiro atoms. The highest BCUT2D eigenvalue weighted by Crippen LogP contribution is 2.42. The van der Waals surface area contributed by atoms with Crippen molar-refractivity contribution >= 4 is 0 Å². The smallest absolute Gasteiger partial charge is 0.00925 e. The number of H-pyrrole nitrogens is 1. The van der Waals surface area contributed by atoms with E-state index in [2.05, 4.69) is 22.6 Å². The molecule has 1 fully saturated rings. The molecule has 1 aliphatic rings. The van der Waals surface area contributed by atoms with Crippen molar-refractivity contribution in [2.45, 2.75) is 24.7 Å². The van der Waals surface area contributed by atoms with Gasteiger partial charge in [0.05, 0.1) is 0 Å². The lowest BCUT2D eigenvalue weighted by atomic mass is 9.65. The molecule has 2 rings (SSSR count). The summed E-state index contributed by atoms with van der Waals surface area (Å²) in [5.74, 6) is 0. The van der Waals surface area contributed by atoms with Crippen LogP contribution in [0.3, 0.4) is 0 Å². The Balaban J connectivity index is 2.17. The van der Waals surface area contributed by atoms with Crippen LogP contribution in [0.2, 0.25) is 0 Å². The summed E-state index contributed by atoms with van der Waals surface area (Å²) in [6.45, 7) is 1.12. The van der Waals surface area contributed by atoms with Crippen LogP contribution in [0.1, 0.15) is 24.8 Å².